The van der Waals surface area contributed by atoms with Gasteiger partial charge in [-0.25, -0.2) is 4.98 Å². The number of fused-ring (bicyclic) bond motifs is 1. The second-order valence-corrected chi connectivity index (χ2v) is 7.58. The summed E-state index contributed by atoms with van der Waals surface area (Å²) >= 11 is 7.43. The topological polar surface area (TPSA) is 66.6 Å². The summed E-state index contributed by atoms with van der Waals surface area (Å²) in [4.78, 5) is 17.9. The first kappa shape index (κ1) is 19.4. The number of amides is 1. The molecule has 0 aliphatic heterocycles. The maximum Gasteiger partial charge on any atom is 0.269 e. The molecule has 0 fully saturated rings. The predicted octanol–water partition coefficient (Wildman–Crippen LogP) is 4.33. The summed E-state index contributed by atoms with van der Waals surface area (Å²) in [7, 11) is 0. The van der Waals surface area contributed by atoms with Crippen LogP contribution in [-0.2, 0) is 0 Å². The van der Waals surface area contributed by atoms with Gasteiger partial charge in [-0.2, -0.15) is 0 Å². The Morgan fingerprint density at radius 1 is 1.37 bits per heavy atom. The van der Waals surface area contributed by atoms with Crippen molar-refractivity contribution >= 4 is 33.8 Å². The highest BCUT2D eigenvalue weighted by Crippen LogP contribution is 2.25. The summed E-state index contributed by atoms with van der Waals surface area (Å²) in [6.07, 6.45) is 5.80. The van der Waals surface area contributed by atoms with Crippen molar-refractivity contribution in [1.29, 1.82) is 0 Å². The lowest BCUT2D eigenvalue weighted by atomic mass is 9.95. The molecule has 0 radical (unpaired) electrons. The summed E-state index contributed by atoms with van der Waals surface area (Å²) in [6, 6.07) is 7.41. The van der Waals surface area contributed by atoms with Gasteiger partial charge in [0.2, 0.25) is 0 Å². The average Bonchev–Trinajstić information content (AvgIpc) is 3.21. The first-order valence-corrected chi connectivity index (χ1v) is 9.66. The van der Waals surface area contributed by atoms with E-state index in [1.807, 2.05) is 24.4 Å². The fourth-order valence-electron chi connectivity index (χ4n) is 2.83. The molecule has 3 rings (SSSR count). The molecule has 0 spiro atoms. The molecule has 0 aliphatic rings. The Morgan fingerprint density at radius 3 is 2.78 bits per heavy atom. The first-order valence-electron chi connectivity index (χ1n) is 8.41. The van der Waals surface area contributed by atoms with Gasteiger partial charge < -0.3 is 10.4 Å². The largest absolute Gasteiger partial charge is 0.387 e. The third-order valence-corrected chi connectivity index (χ3v) is 5.26. The number of carbonyl (C=O) groups is 1. The molecule has 3 aromatic rings. The summed E-state index contributed by atoms with van der Waals surface area (Å²) in [5.41, 5.74) is 1.01. The van der Waals surface area contributed by atoms with Crippen LogP contribution in [0.1, 0.15) is 23.3 Å². The highest BCUT2D eigenvalue weighted by atomic mass is 35.5. The van der Waals surface area contributed by atoms with Crippen LogP contribution in [0, 0.1) is 0 Å². The van der Waals surface area contributed by atoms with E-state index in [1.165, 1.54) is 11.3 Å². The van der Waals surface area contributed by atoms with Crippen molar-refractivity contribution in [3.05, 3.63) is 71.9 Å². The molecule has 0 saturated heterocycles. The van der Waals surface area contributed by atoms with Crippen molar-refractivity contribution in [1.82, 2.24) is 14.7 Å². The molecule has 140 valence electrons. The lowest BCUT2D eigenvalue weighted by Crippen LogP contribution is -2.42. The fraction of sp³-hybridized carbons (Fsp3) is 0.200. The predicted molar refractivity (Wildman–Crippen MR) is 110 cm³/mol. The summed E-state index contributed by atoms with van der Waals surface area (Å²) in [6.45, 7) is 7.42. The molecule has 1 amide bonds. The van der Waals surface area contributed by atoms with E-state index in [1.54, 1.807) is 28.0 Å². The number of carbonyl (C=O) groups excluding carboxylic acids is 1. The number of aromatic nitrogens is 2. The average molecular weight is 402 g/mol. The van der Waals surface area contributed by atoms with Crippen LogP contribution in [0.25, 0.3) is 16.2 Å². The van der Waals surface area contributed by atoms with Gasteiger partial charge >= 0.3 is 0 Å². The van der Waals surface area contributed by atoms with E-state index >= 15 is 0 Å². The molecule has 2 heterocycles. The van der Waals surface area contributed by atoms with E-state index in [4.69, 9.17) is 11.6 Å². The fourth-order valence-corrected chi connectivity index (χ4v) is 3.88. The number of aliphatic hydroxyl groups is 1. The Hall–Kier alpha value is -2.41. The summed E-state index contributed by atoms with van der Waals surface area (Å²) in [5.74, 6) is -0.275. The van der Waals surface area contributed by atoms with Gasteiger partial charge in [-0.05, 0) is 25.0 Å². The van der Waals surface area contributed by atoms with Crippen molar-refractivity contribution in [3.8, 4) is 11.3 Å². The zero-order valence-corrected chi connectivity index (χ0v) is 16.3. The van der Waals surface area contributed by atoms with Crippen molar-refractivity contribution in [2.24, 2.45) is 0 Å². The van der Waals surface area contributed by atoms with Crippen molar-refractivity contribution in [3.63, 3.8) is 0 Å². The third kappa shape index (κ3) is 4.30. The van der Waals surface area contributed by atoms with Crippen LogP contribution in [-0.4, -0.2) is 32.5 Å². The van der Waals surface area contributed by atoms with Crippen LogP contribution in [0.4, 0.5) is 0 Å². The number of thiazole rings is 1. The number of rotatable bonds is 8. The van der Waals surface area contributed by atoms with Crippen LogP contribution >= 0.6 is 22.9 Å². The van der Waals surface area contributed by atoms with E-state index < -0.39 is 5.60 Å². The number of hydrogen-bond donors (Lipinski definition) is 2. The minimum Gasteiger partial charge on any atom is -0.387 e. The Labute approximate surface area is 166 Å². The van der Waals surface area contributed by atoms with E-state index in [-0.39, 0.29) is 12.5 Å². The van der Waals surface area contributed by atoms with Gasteiger partial charge in [-0.1, -0.05) is 35.9 Å². The van der Waals surface area contributed by atoms with E-state index in [0.717, 1.165) is 11.3 Å². The Kier molecular flexibility index (Phi) is 5.79. The minimum atomic E-state index is -1.09. The maximum atomic E-state index is 12.6. The Balaban J connectivity index is 1.81. The monoisotopic (exact) mass is 401 g/mol. The molecule has 0 saturated carbocycles. The van der Waals surface area contributed by atoms with Crippen LogP contribution in [0.2, 0.25) is 5.02 Å². The lowest BCUT2D eigenvalue weighted by molar-refractivity contribution is 0.0436. The maximum absolute atomic E-state index is 12.6. The molecular formula is C20H20ClN3O2S. The number of benzene rings is 1. The van der Waals surface area contributed by atoms with Gasteiger partial charge in [0, 0.05) is 28.7 Å². The number of hydrogen-bond acceptors (Lipinski definition) is 4. The van der Waals surface area contributed by atoms with E-state index in [2.05, 4.69) is 23.5 Å². The molecular weight excluding hydrogens is 382 g/mol. The highest BCUT2D eigenvalue weighted by molar-refractivity contribution is 7.15. The SMILES string of the molecule is C=CCC(O)(CC=C)CNC(=O)c1csc2nc(-c3cccc(Cl)c3)cn12. The highest BCUT2D eigenvalue weighted by Gasteiger charge is 2.25. The van der Waals surface area contributed by atoms with Crippen LogP contribution in [0.15, 0.2) is 61.2 Å². The van der Waals surface area contributed by atoms with Crippen LogP contribution in [0.3, 0.4) is 0 Å². The van der Waals surface area contributed by atoms with E-state index in [9.17, 15) is 9.90 Å². The standard InChI is InChI=1S/C20H20ClN3O2S/c1-3-8-20(26,9-4-2)13-22-18(25)17-12-27-19-23-16(11-24(17)19)14-6-5-7-15(21)10-14/h3-7,10-12,26H,1-2,8-9,13H2,(H,22,25). The molecule has 2 aromatic heterocycles. The molecule has 2 N–H and O–H groups in total. The van der Waals surface area contributed by atoms with Crippen molar-refractivity contribution in [2.45, 2.75) is 18.4 Å². The van der Waals surface area contributed by atoms with Gasteiger partial charge in [-0.3, -0.25) is 9.20 Å². The quantitative estimate of drug-likeness (QED) is 0.552. The normalized spacial score (nSPS) is 11.5. The molecule has 0 bridgehead atoms. The number of nitrogens with one attached hydrogen (secondary N) is 1. The smallest absolute Gasteiger partial charge is 0.269 e. The lowest BCUT2D eigenvalue weighted by Gasteiger charge is -2.25. The van der Waals surface area contributed by atoms with Gasteiger partial charge in [0.15, 0.2) is 4.96 Å². The number of nitrogens with zero attached hydrogens (tertiary/aromatic N) is 2. The number of halogens is 1. The Morgan fingerprint density at radius 2 is 2.11 bits per heavy atom. The van der Waals surface area contributed by atoms with E-state index in [0.29, 0.717) is 28.5 Å². The summed E-state index contributed by atoms with van der Waals surface area (Å²) in [5, 5.41) is 15.7. The van der Waals surface area contributed by atoms with Crippen LogP contribution in [0.5, 0.6) is 0 Å². The second-order valence-electron chi connectivity index (χ2n) is 6.30. The zero-order valence-electron chi connectivity index (χ0n) is 14.7. The third-order valence-electron chi connectivity index (χ3n) is 4.19. The van der Waals surface area contributed by atoms with Gasteiger partial charge in [0.25, 0.3) is 5.91 Å². The molecule has 7 heteroatoms. The molecule has 1 aromatic carbocycles. The van der Waals surface area contributed by atoms with Crippen molar-refractivity contribution in [2.75, 3.05) is 6.54 Å². The minimum absolute atomic E-state index is 0.108. The summed E-state index contributed by atoms with van der Waals surface area (Å²) < 4.78 is 1.75. The second kappa shape index (κ2) is 8.08. The zero-order chi connectivity index (χ0) is 19.4. The molecule has 27 heavy (non-hydrogen) atoms. The van der Waals surface area contributed by atoms with Crippen molar-refractivity contribution < 1.29 is 9.90 Å². The molecule has 0 unspecified atom stereocenters. The molecule has 0 aliphatic carbocycles. The molecule has 5 nitrogen and oxygen atoms in total. The Bertz CT molecular complexity index is 982. The van der Waals surface area contributed by atoms with Gasteiger partial charge in [-0.15, -0.1) is 24.5 Å². The van der Waals surface area contributed by atoms with Gasteiger partial charge in [0.05, 0.1) is 11.3 Å². The molecule has 0 atom stereocenters. The first-order chi connectivity index (χ1) is 13.0. The number of imidazole rings is 1. The van der Waals surface area contributed by atoms with Crippen LogP contribution < -0.4 is 5.32 Å². The van der Waals surface area contributed by atoms with Gasteiger partial charge in [0.1, 0.15) is 5.69 Å².